The second kappa shape index (κ2) is 5.46. The summed E-state index contributed by atoms with van der Waals surface area (Å²) in [5, 5.41) is 3.46. The minimum Gasteiger partial charge on any atom is -0.452 e. The van der Waals surface area contributed by atoms with Crippen LogP contribution in [0.4, 0.5) is 5.69 Å². The molecule has 0 saturated carbocycles. The van der Waals surface area contributed by atoms with E-state index in [-0.39, 0.29) is 0 Å². The second-order valence-electron chi connectivity index (χ2n) is 3.62. The molecule has 3 N–H and O–H groups in total. The molecule has 0 bridgehead atoms. The van der Waals surface area contributed by atoms with Crippen molar-refractivity contribution in [1.82, 2.24) is 0 Å². The van der Waals surface area contributed by atoms with Crippen LogP contribution in [0, 0.1) is 0 Å². The van der Waals surface area contributed by atoms with E-state index < -0.39 is 5.91 Å². The lowest BCUT2D eigenvalue weighted by molar-refractivity contribution is 0.100. The first-order valence-corrected chi connectivity index (χ1v) is 6.31. The van der Waals surface area contributed by atoms with Gasteiger partial charge in [-0.15, -0.1) is 0 Å². The molecule has 0 aliphatic carbocycles. The molecule has 0 fully saturated rings. The molecule has 0 unspecified atom stereocenters. The molecule has 0 radical (unpaired) electrons. The molecule has 0 saturated heterocycles. The van der Waals surface area contributed by atoms with E-state index in [2.05, 4.69) is 21.2 Å². The van der Waals surface area contributed by atoms with E-state index in [1.54, 1.807) is 18.2 Å². The van der Waals surface area contributed by atoms with Crippen LogP contribution in [-0.2, 0) is 6.54 Å². The van der Waals surface area contributed by atoms with Gasteiger partial charge in [-0.05, 0) is 46.3 Å². The Kier molecular flexibility index (Phi) is 3.93. The standard InChI is InChI=1S/C12H10BrClN2O2/c13-11-4-2-8(18-11)6-16-7-1-3-9(12(15)17)10(14)5-7/h1-5,16H,6H2,(H2,15,17). The van der Waals surface area contributed by atoms with Crippen molar-refractivity contribution in [2.75, 3.05) is 5.32 Å². The maximum absolute atomic E-state index is 11.0. The molecule has 2 rings (SSSR count). The van der Waals surface area contributed by atoms with Gasteiger partial charge in [-0.3, -0.25) is 4.79 Å². The Morgan fingerprint density at radius 1 is 1.39 bits per heavy atom. The van der Waals surface area contributed by atoms with Gasteiger partial charge in [0.2, 0.25) is 5.91 Å². The van der Waals surface area contributed by atoms with Crippen LogP contribution in [0.2, 0.25) is 5.02 Å². The number of rotatable bonds is 4. The summed E-state index contributed by atoms with van der Waals surface area (Å²) < 4.78 is 6.03. The first kappa shape index (κ1) is 13.0. The lowest BCUT2D eigenvalue weighted by Gasteiger charge is -2.06. The Balaban J connectivity index is 2.06. The highest BCUT2D eigenvalue weighted by molar-refractivity contribution is 9.10. The van der Waals surface area contributed by atoms with Gasteiger partial charge in [-0.2, -0.15) is 0 Å². The van der Waals surface area contributed by atoms with Crippen LogP contribution in [0.3, 0.4) is 0 Å². The fourth-order valence-electron chi connectivity index (χ4n) is 1.46. The SMILES string of the molecule is NC(=O)c1ccc(NCc2ccc(Br)o2)cc1Cl. The number of carbonyl (C=O) groups is 1. The zero-order valence-electron chi connectivity index (χ0n) is 9.24. The smallest absolute Gasteiger partial charge is 0.250 e. The van der Waals surface area contributed by atoms with Gasteiger partial charge in [0, 0.05) is 5.69 Å². The first-order valence-electron chi connectivity index (χ1n) is 5.13. The van der Waals surface area contributed by atoms with Gasteiger partial charge < -0.3 is 15.5 Å². The Labute approximate surface area is 117 Å². The molecule has 1 aromatic carbocycles. The van der Waals surface area contributed by atoms with Gasteiger partial charge in [-0.25, -0.2) is 0 Å². The molecule has 6 heteroatoms. The summed E-state index contributed by atoms with van der Waals surface area (Å²) in [7, 11) is 0. The van der Waals surface area contributed by atoms with Crippen molar-refractivity contribution in [1.29, 1.82) is 0 Å². The average Bonchev–Trinajstić information content (AvgIpc) is 2.72. The highest BCUT2D eigenvalue weighted by Crippen LogP contribution is 2.21. The number of halogens is 2. The van der Waals surface area contributed by atoms with Gasteiger partial charge in [0.25, 0.3) is 0 Å². The van der Waals surface area contributed by atoms with E-state index >= 15 is 0 Å². The molecule has 0 spiro atoms. The number of nitrogens with one attached hydrogen (secondary N) is 1. The molecular formula is C12H10BrClN2O2. The molecule has 2 aromatic rings. The van der Waals surface area contributed by atoms with Crippen molar-refractivity contribution in [3.05, 3.63) is 51.3 Å². The third kappa shape index (κ3) is 3.05. The molecule has 0 atom stereocenters. The Morgan fingerprint density at radius 2 is 2.17 bits per heavy atom. The van der Waals surface area contributed by atoms with E-state index in [1.165, 1.54) is 0 Å². The van der Waals surface area contributed by atoms with Crippen molar-refractivity contribution >= 4 is 39.1 Å². The number of amides is 1. The molecule has 1 aromatic heterocycles. The predicted molar refractivity (Wildman–Crippen MR) is 73.7 cm³/mol. The van der Waals surface area contributed by atoms with E-state index in [0.29, 0.717) is 21.8 Å². The Hall–Kier alpha value is -1.46. The minimum absolute atomic E-state index is 0.308. The van der Waals surface area contributed by atoms with Crippen molar-refractivity contribution in [3.63, 3.8) is 0 Å². The van der Waals surface area contributed by atoms with Crippen LogP contribution >= 0.6 is 27.5 Å². The van der Waals surface area contributed by atoms with Crippen molar-refractivity contribution in [3.8, 4) is 0 Å². The summed E-state index contributed by atoms with van der Waals surface area (Å²) >= 11 is 9.17. The van der Waals surface area contributed by atoms with Crippen LogP contribution < -0.4 is 11.1 Å². The van der Waals surface area contributed by atoms with Gasteiger partial charge in [0.15, 0.2) is 4.67 Å². The zero-order chi connectivity index (χ0) is 13.1. The van der Waals surface area contributed by atoms with Gasteiger partial charge in [0.1, 0.15) is 5.76 Å². The maximum atomic E-state index is 11.0. The maximum Gasteiger partial charge on any atom is 0.250 e. The highest BCUT2D eigenvalue weighted by Gasteiger charge is 2.07. The fraction of sp³-hybridized carbons (Fsp3) is 0.0833. The van der Waals surface area contributed by atoms with Crippen LogP contribution in [0.25, 0.3) is 0 Å². The summed E-state index contributed by atoms with van der Waals surface area (Å²) in [4.78, 5) is 11.0. The zero-order valence-corrected chi connectivity index (χ0v) is 11.6. The molecule has 1 heterocycles. The summed E-state index contributed by atoms with van der Waals surface area (Å²) in [6, 6.07) is 8.66. The molecular weight excluding hydrogens is 320 g/mol. The summed E-state index contributed by atoms with van der Waals surface area (Å²) in [6.45, 7) is 0.526. The Morgan fingerprint density at radius 3 is 2.72 bits per heavy atom. The quantitative estimate of drug-likeness (QED) is 0.903. The number of nitrogens with two attached hydrogens (primary N) is 1. The number of carbonyl (C=O) groups excluding carboxylic acids is 1. The number of anilines is 1. The highest BCUT2D eigenvalue weighted by atomic mass is 79.9. The third-order valence-electron chi connectivity index (χ3n) is 2.33. The van der Waals surface area contributed by atoms with Crippen molar-refractivity contribution in [2.45, 2.75) is 6.54 Å². The lowest BCUT2D eigenvalue weighted by Crippen LogP contribution is -2.11. The molecule has 0 aliphatic heterocycles. The van der Waals surface area contributed by atoms with Crippen LogP contribution in [0.1, 0.15) is 16.1 Å². The van der Waals surface area contributed by atoms with Gasteiger partial charge in [0.05, 0.1) is 17.1 Å². The average molecular weight is 330 g/mol. The number of furan rings is 1. The summed E-state index contributed by atoms with van der Waals surface area (Å²) in [6.07, 6.45) is 0. The van der Waals surface area contributed by atoms with Crippen LogP contribution in [-0.4, -0.2) is 5.91 Å². The monoisotopic (exact) mass is 328 g/mol. The molecule has 18 heavy (non-hydrogen) atoms. The lowest BCUT2D eigenvalue weighted by atomic mass is 10.2. The topological polar surface area (TPSA) is 68.3 Å². The van der Waals surface area contributed by atoms with E-state index in [4.69, 9.17) is 21.8 Å². The molecule has 94 valence electrons. The Bertz CT molecular complexity index is 583. The first-order chi connectivity index (χ1) is 8.56. The summed E-state index contributed by atoms with van der Waals surface area (Å²) in [5.41, 5.74) is 6.27. The third-order valence-corrected chi connectivity index (χ3v) is 3.07. The largest absolute Gasteiger partial charge is 0.452 e. The number of primary amides is 1. The number of hydrogen-bond acceptors (Lipinski definition) is 3. The number of hydrogen-bond donors (Lipinski definition) is 2. The van der Waals surface area contributed by atoms with Crippen LogP contribution in [0.15, 0.2) is 39.4 Å². The normalized spacial score (nSPS) is 10.3. The molecule has 0 aliphatic rings. The summed E-state index contributed by atoms with van der Waals surface area (Å²) in [5.74, 6) is 0.249. The van der Waals surface area contributed by atoms with Gasteiger partial charge >= 0.3 is 0 Å². The van der Waals surface area contributed by atoms with E-state index in [9.17, 15) is 4.79 Å². The number of benzene rings is 1. The van der Waals surface area contributed by atoms with Gasteiger partial charge in [-0.1, -0.05) is 11.6 Å². The van der Waals surface area contributed by atoms with E-state index in [1.807, 2.05) is 12.1 Å². The van der Waals surface area contributed by atoms with Crippen LogP contribution in [0.5, 0.6) is 0 Å². The van der Waals surface area contributed by atoms with E-state index in [0.717, 1.165) is 11.4 Å². The second-order valence-corrected chi connectivity index (χ2v) is 4.81. The molecule has 4 nitrogen and oxygen atoms in total. The van der Waals surface area contributed by atoms with Crippen molar-refractivity contribution in [2.24, 2.45) is 5.73 Å². The predicted octanol–water partition coefficient (Wildman–Crippen LogP) is 3.41. The fourth-order valence-corrected chi connectivity index (χ4v) is 2.07. The van der Waals surface area contributed by atoms with Crippen molar-refractivity contribution < 1.29 is 9.21 Å². The minimum atomic E-state index is -0.540. The molecule has 1 amide bonds.